The third kappa shape index (κ3) is 3.48. The molecule has 0 radical (unpaired) electrons. The molecule has 2 aromatic rings. The van der Waals surface area contributed by atoms with E-state index < -0.39 is 0 Å². The number of likely N-dealkylation sites (tertiary alicyclic amines) is 1. The number of urea groups is 1. The Morgan fingerprint density at radius 1 is 1.24 bits per heavy atom. The van der Waals surface area contributed by atoms with Gasteiger partial charge in [0.1, 0.15) is 0 Å². The molecular weight excluding hydrogens is 320 g/mol. The number of tetrazole rings is 1. The van der Waals surface area contributed by atoms with Gasteiger partial charge in [-0.25, -0.2) is 9.48 Å². The highest BCUT2D eigenvalue weighted by atomic mass is 16.3. The van der Waals surface area contributed by atoms with E-state index in [0.717, 1.165) is 49.3 Å². The van der Waals surface area contributed by atoms with Crippen LogP contribution in [0.5, 0.6) is 0 Å². The fraction of sp³-hybridized carbons (Fsp3) is 0.529. The topological polar surface area (TPSA) is 96.2 Å². The van der Waals surface area contributed by atoms with E-state index in [1.807, 2.05) is 28.9 Å². The Bertz CT molecular complexity index is 740. The maximum atomic E-state index is 12.4. The van der Waals surface area contributed by atoms with Crippen molar-refractivity contribution in [1.29, 1.82) is 0 Å². The van der Waals surface area contributed by atoms with Crippen LogP contribution in [0.1, 0.15) is 31.7 Å². The molecule has 8 heteroatoms. The number of nitrogens with one attached hydrogen (secondary N) is 1. The van der Waals surface area contributed by atoms with Crippen LogP contribution in [0.15, 0.2) is 24.3 Å². The van der Waals surface area contributed by atoms with Crippen LogP contribution in [0.4, 0.5) is 10.5 Å². The Labute approximate surface area is 145 Å². The van der Waals surface area contributed by atoms with Crippen molar-refractivity contribution in [3.63, 3.8) is 0 Å². The lowest BCUT2D eigenvalue weighted by Crippen LogP contribution is -2.43. The summed E-state index contributed by atoms with van der Waals surface area (Å²) in [4.78, 5) is 14.2. The first-order chi connectivity index (χ1) is 12.2. The fourth-order valence-electron chi connectivity index (χ4n) is 3.25. The third-order valence-electron chi connectivity index (χ3n) is 4.84. The quantitative estimate of drug-likeness (QED) is 0.885. The van der Waals surface area contributed by atoms with Crippen molar-refractivity contribution >= 4 is 11.7 Å². The van der Waals surface area contributed by atoms with E-state index in [4.69, 9.17) is 0 Å². The predicted molar refractivity (Wildman–Crippen MR) is 91.9 cm³/mol. The number of anilines is 1. The summed E-state index contributed by atoms with van der Waals surface area (Å²) >= 11 is 0. The molecule has 25 heavy (non-hydrogen) atoms. The number of nitrogens with zero attached hydrogens (tertiary/aromatic N) is 5. The summed E-state index contributed by atoms with van der Waals surface area (Å²) in [5.74, 6) is 0.949. The molecule has 2 N–H and O–H groups in total. The number of hydrogen-bond acceptors (Lipinski definition) is 5. The van der Waals surface area contributed by atoms with Crippen LogP contribution in [0.3, 0.4) is 0 Å². The van der Waals surface area contributed by atoms with Crippen LogP contribution in [0.2, 0.25) is 0 Å². The predicted octanol–water partition coefficient (Wildman–Crippen LogP) is 1.91. The highest BCUT2D eigenvalue weighted by Crippen LogP contribution is 2.36. The van der Waals surface area contributed by atoms with Gasteiger partial charge >= 0.3 is 6.03 Å². The average molecular weight is 342 g/mol. The lowest BCUT2D eigenvalue weighted by atomic mass is 9.99. The van der Waals surface area contributed by atoms with Crippen LogP contribution < -0.4 is 5.32 Å². The molecule has 1 saturated heterocycles. The minimum absolute atomic E-state index is 0.117. The number of piperidine rings is 1. The largest absolute Gasteiger partial charge is 0.396 e. The summed E-state index contributed by atoms with van der Waals surface area (Å²) < 4.78 is 1.87. The van der Waals surface area contributed by atoms with Crippen molar-refractivity contribution in [2.45, 2.75) is 31.7 Å². The van der Waals surface area contributed by atoms with Crippen molar-refractivity contribution in [2.75, 3.05) is 25.0 Å². The second-order valence-corrected chi connectivity index (χ2v) is 6.82. The molecule has 1 aliphatic carbocycles. The van der Waals surface area contributed by atoms with E-state index in [0.29, 0.717) is 12.6 Å². The van der Waals surface area contributed by atoms with Gasteiger partial charge in [0.2, 0.25) is 0 Å². The number of carbonyl (C=O) groups is 1. The molecule has 1 aromatic carbocycles. The number of aromatic nitrogens is 4. The van der Waals surface area contributed by atoms with Gasteiger partial charge in [0, 0.05) is 30.9 Å². The summed E-state index contributed by atoms with van der Waals surface area (Å²) in [5, 5.41) is 24.2. The van der Waals surface area contributed by atoms with Crippen molar-refractivity contribution in [2.24, 2.45) is 5.92 Å². The van der Waals surface area contributed by atoms with Gasteiger partial charge in [0.25, 0.3) is 0 Å². The lowest BCUT2D eigenvalue weighted by molar-refractivity contribution is 0.136. The average Bonchev–Trinajstić information content (AvgIpc) is 3.39. The first-order valence-electron chi connectivity index (χ1n) is 8.79. The third-order valence-corrected chi connectivity index (χ3v) is 4.84. The zero-order valence-electron chi connectivity index (χ0n) is 14.0. The van der Waals surface area contributed by atoms with E-state index in [9.17, 15) is 9.90 Å². The monoisotopic (exact) mass is 342 g/mol. The second-order valence-electron chi connectivity index (χ2n) is 6.82. The molecule has 0 spiro atoms. The van der Waals surface area contributed by atoms with Crippen molar-refractivity contribution < 1.29 is 9.90 Å². The molecule has 1 aromatic heterocycles. The minimum Gasteiger partial charge on any atom is -0.396 e. The zero-order chi connectivity index (χ0) is 17.2. The molecule has 2 aliphatic rings. The van der Waals surface area contributed by atoms with Crippen LogP contribution in [0, 0.1) is 5.92 Å². The van der Waals surface area contributed by atoms with E-state index in [1.54, 1.807) is 4.90 Å². The van der Waals surface area contributed by atoms with Gasteiger partial charge in [0.05, 0.1) is 6.04 Å². The van der Waals surface area contributed by atoms with E-state index in [2.05, 4.69) is 20.8 Å². The normalized spacial score (nSPS) is 20.5. The Morgan fingerprint density at radius 2 is 2.04 bits per heavy atom. The van der Waals surface area contributed by atoms with E-state index in [1.165, 1.54) is 0 Å². The summed E-state index contributed by atoms with van der Waals surface area (Å²) in [5.41, 5.74) is 1.68. The number of hydrogen-bond donors (Lipinski definition) is 2. The molecule has 2 amide bonds. The Kier molecular flexibility index (Phi) is 4.35. The SMILES string of the molecule is O=C(Nc1ccc(-c2nnnn2C2CC2)cc1)N1CCCC(CO)C1. The highest BCUT2D eigenvalue weighted by molar-refractivity contribution is 5.89. The number of rotatable bonds is 4. The number of aliphatic hydroxyl groups excluding tert-OH is 1. The molecule has 8 nitrogen and oxygen atoms in total. The van der Waals surface area contributed by atoms with Crippen molar-refractivity contribution in [1.82, 2.24) is 25.1 Å². The summed E-state index contributed by atoms with van der Waals surface area (Å²) in [7, 11) is 0. The second kappa shape index (κ2) is 6.79. The number of aliphatic hydroxyl groups is 1. The van der Waals surface area contributed by atoms with E-state index >= 15 is 0 Å². The molecular formula is C17H22N6O2. The number of carbonyl (C=O) groups excluding carboxylic acids is 1. The van der Waals surface area contributed by atoms with E-state index in [-0.39, 0.29) is 18.6 Å². The Morgan fingerprint density at radius 3 is 2.76 bits per heavy atom. The van der Waals surface area contributed by atoms with Gasteiger partial charge in [-0.2, -0.15) is 0 Å². The van der Waals surface area contributed by atoms with Crippen LogP contribution in [-0.4, -0.2) is 55.9 Å². The van der Waals surface area contributed by atoms with Gasteiger partial charge < -0.3 is 15.3 Å². The van der Waals surface area contributed by atoms with Crippen molar-refractivity contribution in [3.05, 3.63) is 24.3 Å². The molecule has 2 heterocycles. The van der Waals surface area contributed by atoms with Gasteiger partial charge in [-0.05, 0) is 66.3 Å². The molecule has 0 bridgehead atoms. The Balaban J connectivity index is 1.42. The maximum Gasteiger partial charge on any atom is 0.321 e. The van der Waals surface area contributed by atoms with Gasteiger partial charge in [-0.1, -0.05) is 0 Å². The summed E-state index contributed by atoms with van der Waals surface area (Å²) in [6, 6.07) is 7.88. The molecule has 1 aliphatic heterocycles. The maximum absolute atomic E-state index is 12.4. The van der Waals surface area contributed by atoms with Gasteiger partial charge in [-0.3, -0.25) is 0 Å². The van der Waals surface area contributed by atoms with Crippen LogP contribution >= 0.6 is 0 Å². The molecule has 1 unspecified atom stereocenters. The lowest BCUT2D eigenvalue weighted by Gasteiger charge is -2.31. The summed E-state index contributed by atoms with van der Waals surface area (Å²) in [6.07, 6.45) is 4.15. The molecule has 1 atom stereocenters. The van der Waals surface area contributed by atoms with Crippen LogP contribution in [-0.2, 0) is 0 Å². The van der Waals surface area contributed by atoms with Gasteiger partial charge in [-0.15, -0.1) is 5.10 Å². The van der Waals surface area contributed by atoms with Crippen LogP contribution in [0.25, 0.3) is 11.4 Å². The molecule has 4 rings (SSSR count). The first kappa shape index (κ1) is 16.0. The fourth-order valence-corrected chi connectivity index (χ4v) is 3.25. The van der Waals surface area contributed by atoms with Gasteiger partial charge in [0.15, 0.2) is 5.82 Å². The smallest absolute Gasteiger partial charge is 0.321 e. The number of benzene rings is 1. The molecule has 2 fully saturated rings. The van der Waals surface area contributed by atoms with Crippen molar-refractivity contribution in [3.8, 4) is 11.4 Å². The highest BCUT2D eigenvalue weighted by Gasteiger charge is 2.28. The first-order valence-corrected chi connectivity index (χ1v) is 8.79. The molecule has 132 valence electrons. The summed E-state index contributed by atoms with van der Waals surface area (Å²) in [6.45, 7) is 1.47. The molecule has 1 saturated carbocycles. The standard InChI is InChI=1S/C17H22N6O2/c24-11-12-2-1-9-22(10-12)17(25)18-14-5-3-13(4-6-14)16-19-20-21-23(16)15-7-8-15/h3-6,12,15,24H,1-2,7-11H2,(H,18,25). The minimum atomic E-state index is -0.117. The zero-order valence-corrected chi connectivity index (χ0v) is 14.0. The number of amides is 2. The Hall–Kier alpha value is -2.48.